The van der Waals surface area contributed by atoms with Crippen LogP contribution in [-0.4, -0.2) is 34.0 Å². The van der Waals surface area contributed by atoms with E-state index in [1.807, 2.05) is 0 Å². The molecule has 2 N–H and O–H groups in total. The molecule has 10 heteroatoms. The Hall–Kier alpha value is -2.81. The Bertz CT molecular complexity index is 1070. The SMILES string of the molecule is O=C(O)/C=C/C(=O)Nc1cccc(S[C@@H]2CC(=O)N(c3cc(Cl)ccc3Cl)C2=O)c1. The summed E-state index contributed by atoms with van der Waals surface area (Å²) in [4.78, 5) is 49.2. The predicted octanol–water partition coefficient (Wildman–Crippen LogP) is 4.00. The zero-order chi connectivity index (χ0) is 21.8. The number of hydrogen-bond acceptors (Lipinski definition) is 5. The first-order valence-electron chi connectivity index (χ1n) is 8.55. The van der Waals surface area contributed by atoms with Crippen molar-refractivity contribution in [2.24, 2.45) is 0 Å². The van der Waals surface area contributed by atoms with Gasteiger partial charge in [-0.05, 0) is 36.4 Å². The number of benzene rings is 2. The van der Waals surface area contributed by atoms with Gasteiger partial charge in [-0.2, -0.15) is 0 Å². The van der Waals surface area contributed by atoms with Crippen LogP contribution in [-0.2, 0) is 19.2 Å². The number of halogens is 2. The number of amides is 3. The molecule has 0 unspecified atom stereocenters. The molecule has 0 radical (unpaired) electrons. The van der Waals surface area contributed by atoms with E-state index in [1.165, 1.54) is 23.9 Å². The van der Waals surface area contributed by atoms with Gasteiger partial charge in [0.05, 0.1) is 16.0 Å². The van der Waals surface area contributed by atoms with Crippen LogP contribution in [0.1, 0.15) is 6.42 Å². The highest BCUT2D eigenvalue weighted by atomic mass is 35.5. The quantitative estimate of drug-likeness (QED) is 0.494. The Balaban J connectivity index is 1.73. The van der Waals surface area contributed by atoms with Gasteiger partial charge in [-0.15, -0.1) is 11.8 Å². The molecule has 0 saturated carbocycles. The average molecular weight is 465 g/mol. The molecule has 0 aliphatic carbocycles. The summed E-state index contributed by atoms with van der Waals surface area (Å²) in [6.07, 6.45) is 1.62. The van der Waals surface area contributed by atoms with E-state index in [9.17, 15) is 19.2 Å². The van der Waals surface area contributed by atoms with Crippen LogP contribution in [0.15, 0.2) is 59.5 Å². The molecule has 3 rings (SSSR count). The van der Waals surface area contributed by atoms with E-state index in [0.717, 1.165) is 17.1 Å². The monoisotopic (exact) mass is 464 g/mol. The third kappa shape index (κ3) is 5.21. The molecule has 1 fully saturated rings. The van der Waals surface area contributed by atoms with E-state index in [4.69, 9.17) is 28.3 Å². The lowest BCUT2D eigenvalue weighted by Crippen LogP contribution is -2.31. The molecule has 1 aliphatic rings. The zero-order valence-corrected chi connectivity index (χ0v) is 17.5. The highest BCUT2D eigenvalue weighted by molar-refractivity contribution is 8.00. The van der Waals surface area contributed by atoms with E-state index < -0.39 is 23.0 Å². The van der Waals surface area contributed by atoms with Crippen LogP contribution in [0.2, 0.25) is 10.0 Å². The van der Waals surface area contributed by atoms with Crippen molar-refractivity contribution in [3.63, 3.8) is 0 Å². The molecular weight excluding hydrogens is 451 g/mol. The van der Waals surface area contributed by atoms with Crippen molar-refractivity contribution in [3.8, 4) is 0 Å². The second-order valence-electron chi connectivity index (χ2n) is 6.16. The summed E-state index contributed by atoms with van der Waals surface area (Å²) in [7, 11) is 0. The van der Waals surface area contributed by atoms with E-state index in [-0.39, 0.29) is 23.0 Å². The number of hydrogen-bond donors (Lipinski definition) is 2. The number of carboxylic acid groups (broad SMARTS) is 1. The van der Waals surface area contributed by atoms with Gasteiger partial charge in [-0.3, -0.25) is 14.4 Å². The number of carbonyl (C=O) groups excluding carboxylic acids is 3. The normalized spacial score (nSPS) is 16.3. The van der Waals surface area contributed by atoms with E-state index in [0.29, 0.717) is 15.6 Å². The molecule has 1 atom stereocenters. The third-order valence-electron chi connectivity index (χ3n) is 4.01. The van der Waals surface area contributed by atoms with Crippen LogP contribution < -0.4 is 10.2 Å². The molecular formula is C20H14Cl2N2O5S. The molecule has 30 heavy (non-hydrogen) atoms. The fourth-order valence-corrected chi connectivity index (χ4v) is 4.23. The molecule has 7 nitrogen and oxygen atoms in total. The van der Waals surface area contributed by atoms with Crippen LogP contribution in [0.3, 0.4) is 0 Å². The Morgan fingerprint density at radius 2 is 1.90 bits per heavy atom. The Morgan fingerprint density at radius 1 is 1.13 bits per heavy atom. The van der Waals surface area contributed by atoms with Gasteiger partial charge in [0.2, 0.25) is 17.7 Å². The number of anilines is 2. The Morgan fingerprint density at radius 3 is 2.63 bits per heavy atom. The molecule has 0 spiro atoms. The topological polar surface area (TPSA) is 104 Å². The average Bonchev–Trinajstić information content (AvgIpc) is 2.95. The number of carbonyl (C=O) groups is 4. The maximum absolute atomic E-state index is 12.8. The number of aliphatic carboxylic acids is 1. The fraction of sp³-hybridized carbons (Fsp3) is 0.100. The highest BCUT2D eigenvalue weighted by Gasteiger charge is 2.41. The zero-order valence-electron chi connectivity index (χ0n) is 15.2. The van der Waals surface area contributed by atoms with Crippen molar-refractivity contribution < 1.29 is 24.3 Å². The highest BCUT2D eigenvalue weighted by Crippen LogP contribution is 2.38. The molecule has 154 valence electrons. The van der Waals surface area contributed by atoms with Gasteiger partial charge in [0.15, 0.2) is 0 Å². The van der Waals surface area contributed by atoms with Crippen molar-refractivity contribution in [1.82, 2.24) is 0 Å². The minimum atomic E-state index is -1.23. The number of rotatable bonds is 6. The predicted molar refractivity (Wildman–Crippen MR) is 115 cm³/mol. The first-order chi connectivity index (χ1) is 14.2. The van der Waals surface area contributed by atoms with Gasteiger partial charge in [-0.1, -0.05) is 29.3 Å². The van der Waals surface area contributed by atoms with Gasteiger partial charge in [0.1, 0.15) is 0 Å². The number of nitrogens with one attached hydrogen (secondary N) is 1. The van der Waals surface area contributed by atoms with Crippen molar-refractivity contribution in [2.75, 3.05) is 10.2 Å². The van der Waals surface area contributed by atoms with Crippen LogP contribution in [0.5, 0.6) is 0 Å². The van der Waals surface area contributed by atoms with E-state index in [2.05, 4.69) is 5.32 Å². The van der Waals surface area contributed by atoms with E-state index >= 15 is 0 Å². The first-order valence-corrected chi connectivity index (χ1v) is 10.2. The van der Waals surface area contributed by atoms with Gasteiger partial charge in [0, 0.05) is 34.2 Å². The molecule has 2 aromatic rings. The lowest BCUT2D eigenvalue weighted by atomic mass is 10.3. The lowest BCUT2D eigenvalue weighted by molar-refractivity contribution is -0.131. The minimum Gasteiger partial charge on any atom is -0.478 e. The van der Waals surface area contributed by atoms with Crippen molar-refractivity contribution >= 4 is 70.0 Å². The van der Waals surface area contributed by atoms with Crippen LogP contribution in [0.25, 0.3) is 0 Å². The molecule has 3 amide bonds. The van der Waals surface area contributed by atoms with Gasteiger partial charge in [0.25, 0.3) is 0 Å². The summed E-state index contributed by atoms with van der Waals surface area (Å²) in [5.74, 6) is -2.63. The lowest BCUT2D eigenvalue weighted by Gasteiger charge is -2.16. The smallest absolute Gasteiger partial charge is 0.328 e. The maximum atomic E-state index is 12.8. The van der Waals surface area contributed by atoms with E-state index in [1.54, 1.807) is 30.3 Å². The van der Waals surface area contributed by atoms with Crippen LogP contribution in [0.4, 0.5) is 11.4 Å². The number of nitrogens with zero attached hydrogens (tertiary/aromatic N) is 1. The third-order valence-corrected chi connectivity index (χ3v) is 5.75. The largest absolute Gasteiger partial charge is 0.478 e. The van der Waals surface area contributed by atoms with Gasteiger partial charge in [-0.25, -0.2) is 9.69 Å². The molecule has 0 bridgehead atoms. The molecule has 0 aromatic heterocycles. The number of imide groups is 1. The van der Waals surface area contributed by atoms with Crippen molar-refractivity contribution in [2.45, 2.75) is 16.6 Å². The summed E-state index contributed by atoms with van der Waals surface area (Å²) >= 11 is 13.3. The van der Waals surface area contributed by atoms with Gasteiger partial charge >= 0.3 is 5.97 Å². The Labute approximate surface area is 185 Å². The summed E-state index contributed by atoms with van der Waals surface area (Å²) < 4.78 is 0. The maximum Gasteiger partial charge on any atom is 0.328 e. The number of carboxylic acids is 1. The molecule has 2 aromatic carbocycles. The second-order valence-corrected chi connectivity index (χ2v) is 8.28. The molecule has 1 saturated heterocycles. The van der Waals surface area contributed by atoms with Crippen LogP contribution >= 0.6 is 35.0 Å². The van der Waals surface area contributed by atoms with Crippen molar-refractivity contribution in [1.29, 1.82) is 0 Å². The summed E-state index contributed by atoms with van der Waals surface area (Å²) in [6.45, 7) is 0. The molecule has 1 heterocycles. The second kappa shape index (κ2) is 9.34. The Kier molecular flexibility index (Phi) is 6.81. The fourth-order valence-electron chi connectivity index (χ4n) is 2.75. The van der Waals surface area contributed by atoms with Gasteiger partial charge < -0.3 is 10.4 Å². The standard InChI is InChI=1S/C20H14Cl2N2O5S/c21-11-4-5-14(22)15(8-11)24-18(26)10-16(20(24)29)30-13-3-1-2-12(9-13)23-17(25)6-7-19(27)28/h1-9,16H,10H2,(H,23,25)(H,27,28)/b7-6+/t16-/m1/s1. The van der Waals surface area contributed by atoms with Crippen molar-refractivity contribution in [3.05, 3.63) is 64.7 Å². The van der Waals surface area contributed by atoms with Crippen LogP contribution in [0, 0.1) is 0 Å². The molecule has 1 aliphatic heterocycles. The number of thioether (sulfide) groups is 1. The summed E-state index contributed by atoms with van der Waals surface area (Å²) in [6, 6.07) is 11.2. The summed E-state index contributed by atoms with van der Waals surface area (Å²) in [5.41, 5.74) is 0.667. The first kappa shape index (κ1) is 21.9. The minimum absolute atomic E-state index is 0.00964. The summed E-state index contributed by atoms with van der Waals surface area (Å²) in [5, 5.41) is 11.0.